The van der Waals surface area contributed by atoms with Crippen molar-refractivity contribution in [2.45, 2.75) is 18.9 Å². The number of likely N-dealkylation sites (N-methyl/N-ethyl adjacent to an activating group) is 1. The summed E-state index contributed by atoms with van der Waals surface area (Å²) in [5, 5.41) is 27.0. The van der Waals surface area contributed by atoms with Crippen molar-refractivity contribution < 1.29 is 20.1 Å². The number of nitrogens with zero attached hydrogens (tertiary/aromatic N) is 1. The summed E-state index contributed by atoms with van der Waals surface area (Å²) in [6.07, 6.45) is 1.16. The third-order valence-corrected chi connectivity index (χ3v) is 2.88. The van der Waals surface area contributed by atoms with Gasteiger partial charge in [-0.25, -0.2) is 0 Å². The molecule has 0 aliphatic carbocycles. The maximum absolute atomic E-state index is 10.7. The average molecular weight is 253 g/mol. The van der Waals surface area contributed by atoms with Gasteiger partial charge in [-0.3, -0.25) is 9.69 Å². The summed E-state index contributed by atoms with van der Waals surface area (Å²) in [5.74, 6) is -0.678. The van der Waals surface area contributed by atoms with E-state index in [1.54, 1.807) is 36.2 Å². The lowest BCUT2D eigenvalue weighted by molar-refractivity contribution is -0.138. The third-order valence-electron chi connectivity index (χ3n) is 2.88. The monoisotopic (exact) mass is 253 g/mol. The number of aromatic hydroxyl groups is 1. The molecule has 18 heavy (non-hydrogen) atoms. The van der Waals surface area contributed by atoms with Gasteiger partial charge in [0.2, 0.25) is 0 Å². The Bertz CT molecular complexity index is 377. The number of carboxylic acids is 1. The predicted octanol–water partition coefficient (Wildman–Crippen LogP) is 0.702. The zero-order valence-electron chi connectivity index (χ0n) is 10.4. The Hall–Kier alpha value is -1.59. The van der Waals surface area contributed by atoms with Crippen LogP contribution < -0.4 is 0 Å². The second-order valence-corrected chi connectivity index (χ2v) is 4.35. The summed E-state index contributed by atoms with van der Waals surface area (Å²) in [4.78, 5) is 12.4. The molecule has 100 valence electrons. The minimum Gasteiger partial charge on any atom is -0.508 e. The van der Waals surface area contributed by atoms with E-state index < -0.39 is 5.97 Å². The van der Waals surface area contributed by atoms with Crippen LogP contribution in [-0.2, 0) is 11.2 Å². The summed E-state index contributed by atoms with van der Waals surface area (Å²) in [7, 11) is 1.73. The fourth-order valence-corrected chi connectivity index (χ4v) is 1.87. The Morgan fingerprint density at radius 2 is 1.94 bits per heavy atom. The second kappa shape index (κ2) is 6.98. The van der Waals surface area contributed by atoms with Gasteiger partial charge in [0.15, 0.2) is 0 Å². The highest BCUT2D eigenvalue weighted by Gasteiger charge is 2.17. The number of aliphatic hydroxyl groups excluding tert-OH is 1. The van der Waals surface area contributed by atoms with E-state index in [0.717, 1.165) is 5.56 Å². The summed E-state index contributed by atoms with van der Waals surface area (Å²) in [5.41, 5.74) is 1.00. The van der Waals surface area contributed by atoms with Gasteiger partial charge in [0.25, 0.3) is 0 Å². The summed E-state index contributed by atoms with van der Waals surface area (Å²) in [6, 6.07) is 6.77. The van der Waals surface area contributed by atoms with E-state index in [9.17, 15) is 9.90 Å². The number of carboxylic acid groups (broad SMARTS) is 1. The van der Waals surface area contributed by atoms with Crippen molar-refractivity contribution in [3.05, 3.63) is 29.8 Å². The van der Waals surface area contributed by atoms with Crippen molar-refractivity contribution in [1.29, 1.82) is 0 Å². The van der Waals surface area contributed by atoms with E-state index in [1.165, 1.54) is 0 Å². The number of aliphatic carboxylic acids is 1. The molecule has 0 bridgehead atoms. The molecular formula is C13H19NO4. The lowest BCUT2D eigenvalue weighted by atomic mass is 10.0. The molecule has 1 rings (SSSR count). The Morgan fingerprint density at radius 1 is 1.33 bits per heavy atom. The minimum absolute atomic E-state index is 0.0205. The van der Waals surface area contributed by atoms with Crippen molar-refractivity contribution in [3.8, 4) is 5.75 Å². The molecule has 0 radical (unpaired) electrons. The molecule has 0 amide bonds. The highest BCUT2D eigenvalue weighted by Crippen LogP contribution is 2.14. The van der Waals surface area contributed by atoms with Crippen LogP contribution in [0.1, 0.15) is 12.0 Å². The first-order chi connectivity index (χ1) is 8.52. The van der Waals surface area contributed by atoms with Crippen LogP contribution in [0.25, 0.3) is 0 Å². The lowest BCUT2D eigenvalue weighted by Gasteiger charge is -2.26. The van der Waals surface area contributed by atoms with Crippen LogP contribution in [0.3, 0.4) is 0 Å². The van der Waals surface area contributed by atoms with Gasteiger partial charge in [-0.05, 0) is 37.6 Å². The van der Waals surface area contributed by atoms with Gasteiger partial charge in [-0.1, -0.05) is 12.1 Å². The van der Waals surface area contributed by atoms with Crippen molar-refractivity contribution in [2.24, 2.45) is 0 Å². The number of hydrogen-bond acceptors (Lipinski definition) is 4. The predicted molar refractivity (Wildman–Crippen MR) is 67.6 cm³/mol. The van der Waals surface area contributed by atoms with E-state index in [1.807, 2.05) is 0 Å². The molecule has 1 aromatic carbocycles. The molecule has 0 unspecified atom stereocenters. The van der Waals surface area contributed by atoms with E-state index in [4.69, 9.17) is 10.2 Å². The number of rotatable bonds is 7. The van der Waals surface area contributed by atoms with Crippen LogP contribution in [0.2, 0.25) is 0 Å². The number of phenols is 1. The first-order valence-electron chi connectivity index (χ1n) is 5.83. The lowest BCUT2D eigenvalue weighted by Crippen LogP contribution is -2.38. The van der Waals surface area contributed by atoms with Crippen molar-refractivity contribution in [2.75, 3.05) is 20.2 Å². The zero-order valence-corrected chi connectivity index (χ0v) is 10.4. The van der Waals surface area contributed by atoms with Crippen LogP contribution in [0.5, 0.6) is 5.75 Å². The molecule has 0 saturated carbocycles. The number of carbonyl (C=O) groups is 1. The summed E-state index contributed by atoms with van der Waals surface area (Å²) < 4.78 is 0. The molecule has 5 nitrogen and oxygen atoms in total. The highest BCUT2D eigenvalue weighted by molar-refractivity contribution is 5.69. The number of benzene rings is 1. The summed E-state index contributed by atoms with van der Waals surface area (Å²) in [6.45, 7) is -0.0323. The molecule has 3 N–H and O–H groups in total. The van der Waals surface area contributed by atoms with Gasteiger partial charge in [0.1, 0.15) is 5.75 Å². The molecule has 1 aromatic rings. The smallest absolute Gasteiger partial charge is 0.317 e. The molecule has 0 saturated heterocycles. The Labute approximate surface area is 106 Å². The molecular weight excluding hydrogens is 234 g/mol. The van der Waals surface area contributed by atoms with E-state index in [0.29, 0.717) is 12.8 Å². The zero-order chi connectivity index (χ0) is 13.5. The topological polar surface area (TPSA) is 81.0 Å². The van der Waals surface area contributed by atoms with Gasteiger partial charge in [0, 0.05) is 12.6 Å². The maximum Gasteiger partial charge on any atom is 0.317 e. The van der Waals surface area contributed by atoms with Crippen molar-refractivity contribution >= 4 is 5.97 Å². The molecule has 1 atom stereocenters. The fourth-order valence-electron chi connectivity index (χ4n) is 1.87. The first kappa shape index (κ1) is 14.5. The number of hydrogen-bond donors (Lipinski definition) is 3. The van der Waals surface area contributed by atoms with Crippen LogP contribution >= 0.6 is 0 Å². The molecule has 0 aromatic heterocycles. The van der Waals surface area contributed by atoms with Gasteiger partial charge >= 0.3 is 5.97 Å². The van der Waals surface area contributed by atoms with Crippen molar-refractivity contribution in [3.63, 3.8) is 0 Å². The molecule has 0 heterocycles. The third kappa shape index (κ3) is 4.73. The van der Waals surface area contributed by atoms with E-state index in [-0.39, 0.29) is 24.9 Å². The number of phenolic OH excluding ortho intramolecular Hbond substituents is 1. The average Bonchev–Trinajstić information content (AvgIpc) is 2.30. The molecule has 0 spiro atoms. The van der Waals surface area contributed by atoms with Gasteiger partial charge in [-0.15, -0.1) is 0 Å². The van der Waals surface area contributed by atoms with E-state index >= 15 is 0 Å². The quantitative estimate of drug-likeness (QED) is 0.666. The van der Waals surface area contributed by atoms with Gasteiger partial charge in [0.05, 0.1) is 6.54 Å². The Morgan fingerprint density at radius 3 is 2.44 bits per heavy atom. The maximum atomic E-state index is 10.7. The van der Waals surface area contributed by atoms with Crippen LogP contribution in [0.15, 0.2) is 24.3 Å². The summed E-state index contributed by atoms with van der Waals surface area (Å²) >= 11 is 0. The molecule has 0 aliphatic heterocycles. The minimum atomic E-state index is -0.883. The van der Waals surface area contributed by atoms with Gasteiger partial charge < -0.3 is 15.3 Å². The fraction of sp³-hybridized carbons (Fsp3) is 0.462. The van der Waals surface area contributed by atoms with Crippen molar-refractivity contribution in [1.82, 2.24) is 4.90 Å². The molecule has 0 aliphatic rings. The van der Waals surface area contributed by atoms with Crippen LogP contribution in [-0.4, -0.2) is 52.4 Å². The molecule has 0 fully saturated rings. The Balaban J connectivity index is 2.67. The van der Waals surface area contributed by atoms with Crippen LogP contribution in [0.4, 0.5) is 0 Å². The van der Waals surface area contributed by atoms with E-state index in [2.05, 4.69) is 0 Å². The van der Waals surface area contributed by atoms with Gasteiger partial charge in [-0.2, -0.15) is 0 Å². The Kier molecular flexibility index (Phi) is 5.61. The van der Waals surface area contributed by atoms with Crippen LogP contribution in [0, 0.1) is 0 Å². The second-order valence-electron chi connectivity index (χ2n) is 4.35. The standard InChI is InChI=1S/C13H19NO4/c1-14(9-13(17)18)11(6-7-15)8-10-2-4-12(16)5-3-10/h2-5,11,15-16H,6-9H2,1H3,(H,17,18)/t11-/m1/s1. The normalized spacial score (nSPS) is 12.6. The first-order valence-corrected chi connectivity index (χ1v) is 5.83. The SMILES string of the molecule is CN(CC(=O)O)[C@H](CCO)Cc1ccc(O)cc1. The highest BCUT2D eigenvalue weighted by atomic mass is 16.4. The molecule has 5 heteroatoms. The largest absolute Gasteiger partial charge is 0.508 e. The number of aliphatic hydroxyl groups is 1.